The second-order valence-corrected chi connectivity index (χ2v) is 5.47. The van der Waals surface area contributed by atoms with Crippen molar-refractivity contribution in [2.75, 3.05) is 6.54 Å². The lowest BCUT2D eigenvalue weighted by Crippen LogP contribution is -2.49. The van der Waals surface area contributed by atoms with E-state index < -0.39 is 5.54 Å². The minimum atomic E-state index is -0.609. The van der Waals surface area contributed by atoms with E-state index in [1.165, 1.54) is 23.3 Å². The summed E-state index contributed by atoms with van der Waals surface area (Å²) in [5.41, 5.74) is 7.96. The Hall–Kier alpha value is -1.91. The monoisotopic (exact) mass is 320 g/mol. The highest BCUT2D eigenvalue weighted by Crippen LogP contribution is 2.37. The van der Waals surface area contributed by atoms with Gasteiger partial charge in [-0.05, 0) is 28.8 Å². The number of hydrogen-bond donors (Lipinski definition) is 2. The van der Waals surface area contributed by atoms with Crippen LogP contribution in [0.1, 0.15) is 16.7 Å². The highest BCUT2D eigenvalue weighted by Gasteiger charge is 2.39. The fraction of sp³-hybridized carbons (Fsp3) is 0.235. The quantitative estimate of drug-likeness (QED) is 0.912. The summed E-state index contributed by atoms with van der Waals surface area (Å²) in [5, 5.41) is 3.00. The second kappa shape index (κ2) is 6.46. The zero-order chi connectivity index (χ0) is 14.9. The number of rotatable bonds is 3. The molecule has 0 fully saturated rings. The summed E-state index contributed by atoms with van der Waals surface area (Å²) in [5.74, 6) is -0.531. The van der Waals surface area contributed by atoms with Gasteiger partial charge in [0.05, 0.1) is 12.1 Å². The van der Waals surface area contributed by atoms with Crippen LogP contribution in [0, 0.1) is 5.82 Å². The van der Waals surface area contributed by atoms with Crippen molar-refractivity contribution in [3.8, 4) is 0 Å². The number of fused-ring (bicyclic) bond motifs is 1. The molecule has 0 atom stereocenters. The number of nitrogens with two attached hydrogens (primary N) is 1. The summed E-state index contributed by atoms with van der Waals surface area (Å²) in [4.78, 5) is 11.9. The number of nitrogens with one attached hydrogen (secondary N) is 1. The fourth-order valence-corrected chi connectivity index (χ4v) is 3.08. The first kappa shape index (κ1) is 16.5. The molecule has 3 nitrogen and oxygen atoms in total. The van der Waals surface area contributed by atoms with E-state index in [1.807, 2.05) is 30.3 Å². The molecule has 1 aliphatic rings. The molecule has 0 aliphatic heterocycles. The molecule has 0 bridgehead atoms. The van der Waals surface area contributed by atoms with E-state index in [-0.39, 0.29) is 30.7 Å². The van der Waals surface area contributed by atoms with Gasteiger partial charge in [-0.2, -0.15) is 0 Å². The van der Waals surface area contributed by atoms with Crippen LogP contribution in [-0.4, -0.2) is 12.5 Å². The van der Waals surface area contributed by atoms with E-state index >= 15 is 0 Å². The lowest BCUT2D eigenvalue weighted by Gasteiger charge is -2.31. The van der Waals surface area contributed by atoms with Crippen molar-refractivity contribution < 1.29 is 9.18 Å². The highest BCUT2D eigenvalue weighted by atomic mass is 35.5. The van der Waals surface area contributed by atoms with Gasteiger partial charge in [0.1, 0.15) is 5.82 Å². The van der Waals surface area contributed by atoms with Gasteiger partial charge >= 0.3 is 0 Å². The predicted octanol–water partition coefficient (Wildman–Crippen LogP) is 2.32. The van der Waals surface area contributed by atoms with Crippen LogP contribution in [0.4, 0.5) is 4.39 Å². The zero-order valence-corrected chi connectivity index (χ0v) is 12.8. The van der Waals surface area contributed by atoms with E-state index in [1.54, 1.807) is 6.07 Å². The molecular formula is C17H18ClFN2O. The van der Waals surface area contributed by atoms with Gasteiger partial charge in [0.25, 0.3) is 0 Å². The molecule has 5 heteroatoms. The summed E-state index contributed by atoms with van der Waals surface area (Å²) in [7, 11) is 0. The molecule has 2 aromatic rings. The van der Waals surface area contributed by atoms with Crippen LogP contribution in [0.3, 0.4) is 0 Å². The average Bonchev–Trinajstić information content (AvgIpc) is 2.86. The maximum absolute atomic E-state index is 13.6. The molecule has 1 aliphatic carbocycles. The Morgan fingerprint density at radius 1 is 1.14 bits per heavy atom. The van der Waals surface area contributed by atoms with E-state index in [9.17, 15) is 9.18 Å². The number of carbonyl (C=O) groups is 1. The van der Waals surface area contributed by atoms with Gasteiger partial charge in [-0.1, -0.05) is 36.4 Å². The Balaban J connectivity index is 0.00000176. The van der Waals surface area contributed by atoms with Crippen molar-refractivity contribution in [1.82, 2.24) is 5.32 Å². The van der Waals surface area contributed by atoms with Crippen LogP contribution in [0.15, 0.2) is 48.5 Å². The Kier molecular flexibility index (Phi) is 4.84. The van der Waals surface area contributed by atoms with E-state index in [4.69, 9.17) is 5.73 Å². The normalized spacial score (nSPS) is 14.8. The molecule has 0 spiro atoms. The lowest BCUT2D eigenvalue weighted by molar-refractivity contribution is -0.121. The third-order valence-electron chi connectivity index (χ3n) is 4.04. The molecule has 116 valence electrons. The van der Waals surface area contributed by atoms with E-state index in [0.717, 1.165) is 5.56 Å². The van der Waals surface area contributed by atoms with Crippen molar-refractivity contribution in [3.63, 3.8) is 0 Å². The largest absolute Gasteiger partial charge is 0.345 e. The molecule has 0 saturated carbocycles. The third-order valence-corrected chi connectivity index (χ3v) is 4.04. The number of halogens is 2. The summed E-state index contributed by atoms with van der Waals surface area (Å²) < 4.78 is 13.6. The van der Waals surface area contributed by atoms with Gasteiger partial charge < -0.3 is 11.1 Å². The maximum atomic E-state index is 13.6. The zero-order valence-electron chi connectivity index (χ0n) is 12.0. The molecular weight excluding hydrogens is 303 g/mol. The third kappa shape index (κ3) is 2.98. The maximum Gasteiger partial charge on any atom is 0.234 e. The molecule has 0 heterocycles. The van der Waals surface area contributed by atoms with Crippen molar-refractivity contribution in [1.29, 1.82) is 0 Å². The van der Waals surface area contributed by atoms with Gasteiger partial charge in [-0.3, -0.25) is 4.79 Å². The Bertz CT molecular complexity index is 665. The van der Waals surface area contributed by atoms with Crippen molar-refractivity contribution in [3.05, 3.63) is 71.0 Å². The van der Waals surface area contributed by atoms with Crippen LogP contribution in [0.25, 0.3) is 0 Å². The average molecular weight is 321 g/mol. The highest BCUT2D eigenvalue weighted by molar-refractivity contribution is 5.85. The molecule has 0 aromatic heterocycles. The first-order chi connectivity index (χ1) is 10.1. The lowest BCUT2D eigenvalue weighted by atomic mass is 9.86. The minimum Gasteiger partial charge on any atom is -0.345 e. The molecule has 0 radical (unpaired) electrons. The van der Waals surface area contributed by atoms with Crippen LogP contribution in [-0.2, 0) is 23.2 Å². The summed E-state index contributed by atoms with van der Waals surface area (Å²) in [6, 6.07) is 14.5. The van der Waals surface area contributed by atoms with Crippen LogP contribution in [0.5, 0.6) is 0 Å². The SMILES string of the molecule is Cl.NCC(=O)NC1(c2cccc(F)c2)Cc2ccccc2C1. The fourth-order valence-electron chi connectivity index (χ4n) is 3.08. The molecule has 1 amide bonds. The summed E-state index contributed by atoms with van der Waals surface area (Å²) in [6.07, 6.45) is 1.30. The van der Waals surface area contributed by atoms with Crippen LogP contribution >= 0.6 is 12.4 Å². The van der Waals surface area contributed by atoms with Crippen molar-refractivity contribution >= 4 is 18.3 Å². The molecule has 22 heavy (non-hydrogen) atoms. The van der Waals surface area contributed by atoms with E-state index in [2.05, 4.69) is 5.32 Å². The first-order valence-electron chi connectivity index (χ1n) is 6.97. The number of carbonyl (C=O) groups excluding carboxylic acids is 1. The topological polar surface area (TPSA) is 55.1 Å². The predicted molar refractivity (Wildman–Crippen MR) is 86.4 cm³/mol. The Labute approximate surface area is 135 Å². The van der Waals surface area contributed by atoms with Gasteiger partial charge in [-0.25, -0.2) is 4.39 Å². The van der Waals surface area contributed by atoms with Crippen LogP contribution in [0.2, 0.25) is 0 Å². The van der Waals surface area contributed by atoms with Crippen molar-refractivity contribution in [2.24, 2.45) is 5.73 Å². The Morgan fingerprint density at radius 2 is 1.77 bits per heavy atom. The van der Waals surface area contributed by atoms with Gasteiger partial charge in [0, 0.05) is 12.8 Å². The molecule has 0 saturated heterocycles. The van der Waals surface area contributed by atoms with Gasteiger partial charge in [0.15, 0.2) is 0 Å². The smallest absolute Gasteiger partial charge is 0.234 e. The number of amides is 1. The summed E-state index contributed by atoms with van der Waals surface area (Å²) in [6.45, 7) is -0.0760. The van der Waals surface area contributed by atoms with Crippen LogP contribution < -0.4 is 11.1 Å². The van der Waals surface area contributed by atoms with E-state index in [0.29, 0.717) is 12.8 Å². The second-order valence-electron chi connectivity index (χ2n) is 5.47. The minimum absolute atomic E-state index is 0. The van der Waals surface area contributed by atoms with Gasteiger partial charge in [0.2, 0.25) is 5.91 Å². The van der Waals surface area contributed by atoms with Crippen molar-refractivity contribution in [2.45, 2.75) is 18.4 Å². The first-order valence-corrected chi connectivity index (χ1v) is 6.97. The summed E-state index contributed by atoms with van der Waals surface area (Å²) >= 11 is 0. The molecule has 3 N–H and O–H groups in total. The molecule has 0 unspecified atom stereocenters. The van der Waals surface area contributed by atoms with Gasteiger partial charge in [-0.15, -0.1) is 12.4 Å². The number of hydrogen-bond acceptors (Lipinski definition) is 2. The Morgan fingerprint density at radius 3 is 2.32 bits per heavy atom. The molecule has 3 rings (SSSR count). The molecule has 2 aromatic carbocycles. The standard InChI is InChI=1S/C17H17FN2O.ClH/c18-15-7-3-6-14(8-15)17(20-16(21)11-19)9-12-4-1-2-5-13(12)10-17;/h1-8H,9-11,19H2,(H,20,21);1H. The number of benzene rings is 2.